The SMILES string of the molecule is CCCOc1ccc(NC(=O)c2cnc(C)cc2Cl)cc1. The van der Waals surface area contributed by atoms with Crippen LogP contribution in [0.25, 0.3) is 0 Å². The predicted molar refractivity (Wildman–Crippen MR) is 84.2 cm³/mol. The van der Waals surface area contributed by atoms with Crippen LogP contribution in [0.3, 0.4) is 0 Å². The number of amides is 1. The summed E-state index contributed by atoms with van der Waals surface area (Å²) in [5, 5.41) is 3.17. The molecule has 1 amide bonds. The van der Waals surface area contributed by atoms with E-state index >= 15 is 0 Å². The zero-order valence-corrected chi connectivity index (χ0v) is 12.8. The van der Waals surface area contributed by atoms with Gasteiger partial charge in [-0.25, -0.2) is 0 Å². The Labute approximate surface area is 129 Å². The molecule has 0 atom stereocenters. The molecule has 2 rings (SSSR count). The molecule has 1 aromatic carbocycles. The van der Waals surface area contributed by atoms with Crippen LogP contribution in [-0.4, -0.2) is 17.5 Å². The molecule has 0 saturated heterocycles. The molecule has 21 heavy (non-hydrogen) atoms. The lowest BCUT2D eigenvalue weighted by Gasteiger charge is -2.08. The highest BCUT2D eigenvalue weighted by Crippen LogP contribution is 2.19. The van der Waals surface area contributed by atoms with E-state index in [1.54, 1.807) is 18.2 Å². The molecular formula is C16H17ClN2O2. The number of nitrogens with one attached hydrogen (secondary N) is 1. The van der Waals surface area contributed by atoms with Crippen LogP contribution in [0.4, 0.5) is 5.69 Å². The largest absolute Gasteiger partial charge is 0.494 e. The molecule has 5 heteroatoms. The van der Waals surface area contributed by atoms with Gasteiger partial charge in [-0.1, -0.05) is 18.5 Å². The Bertz CT molecular complexity index is 627. The molecule has 1 aromatic heterocycles. The molecule has 0 radical (unpaired) electrons. The van der Waals surface area contributed by atoms with Crippen LogP contribution in [0.2, 0.25) is 5.02 Å². The van der Waals surface area contributed by atoms with Gasteiger partial charge in [-0.15, -0.1) is 0 Å². The number of aryl methyl sites for hydroxylation is 1. The van der Waals surface area contributed by atoms with Crippen LogP contribution in [0, 0.1) is 6.92 Å². The molecular weight excluding hydrogens is 288 g/mol. The Hall–Kier alpha value is -2.07. The van der Waals surface area contributed by atoms with Crippen molar-refractivity contribution < 1.29 is 9.53 Å². The quantitative estimate of drug-likeness (QED) is 0.905. The molecule has 4 nitrogen and oxygen atoms in total. The van der Waals surface area contributed by atoms with Crippen molar-refractivity contribution in [3.05, 3.63) is 52.8 Å². The second-order valence-electron chi connectivity index (χ2n) is 4.63. The normalized spacial score (nSPS) is 10.2. The average molecular weight is 305 g/mol. The minimum Gasteiger partial charge on any atom is -0.494 e. The minimum atomic E-state index is -0.283. The summed E-state index contributed by atoms with van der Waals surface area (Å²) in [4.78, 5) is 16.2. The third-order valence-electron chi connectivity index (χ3n) is 2.82. The highest BCUT2D eigenvalue weighted by Gasteiger charge is 2.11. The Morgan fingerprint density at radius 1 is 1.33 bits per heavy atom. The summed E-state index contributed by atoms with van der Waals surface area (Å²) in [5.74, 6) is 0.500. The fraction of sp³-hybridized carbons (Fsp3) is 0.250. The van der Waals surface area contributed by atoms with Crippen LogP contribution >= 0.6 is 11.6 Å². The molecule has 1 heterocycles. The lowest BCUT2D eigenvalue weighted by atomic mass is 10.2. The van der Waals surface area contributed by atoms with Crippen molar-refractivity contribution in [2.45, 2.75) is 20.3 Å². The zero-order chi connectivity index (χ0) is 15.2. The Balaban J connectivity index is 2.05. The van der Waals surface area contributed by atoms with Gasteiger partial charge < -0.3 is 10.1 Å². The van der Waals surface area contributed by atoms with E-state index in [1.807, 2.05) is 26.0 Å². The molecule has 0 saturated carbocycles. The summed E-state index contributed by atoms with van der Waals surface area (Å²) in [6.45, 7) is 4.55. The lowest BCUT2D eigenvalue weighted by molar-refractivity contribution is 0.102. The fourth-order valence-corrected chi connectivity index (χ4v) is 2.04. The summed E-state index contributed by atoms with van der Waals surface area (Å²) in [6, 6.07) is 8.88. The van der Waals surface area contributed by atoms with Crippen LogP contribution in [0.5, 0.6) is 5.75 Å². The maximum atomic E-state index is 12.1. The van der Waals surface area contributed by atoms with Crippen molar-refractivity contribution in [2.24, 2.45) is 0 Å². The first-order chi connectivity index (χ1) is 10.1. The second kappa shape index (κ2) is 7.09. The number of carbonyl (C=O) groups excluding carboxylic acids is 1. The highest BCUT2D eigenvalue weighted by molar-refractivity contribution is 6.34. The third-order valence-corrected chi connectivity index (χ3v) is 3.13. The number of benzene rings is 1. The number of nitrogens with zero attached hydrogens (tertiary/aromatic N) is 1. The maximum absolute atomic E-state index is 12.1. The Kier molecular flexibility index (Phi) is 5.17. The van der Waals surface area contributed by atoms with E-state index in [2.05, 4.69) is 10.3 Å². The van der Waals surface area contributed by atoms with Crippen molar-refractivity contribution in [1.29, 1.82) is 0 Å². The topological polar surface area (TPSA) is 51.2 Å². The maximum Gasteiger partial charge on any atom is 0.258 e. The number of hydrogen-bond acceptors (Lipinski definition) is 3. The minimum absolute atomic E-state index is 0.283. The van der Waals surface area contributed by atoms with E-state index in [9.17, 15) is 4.79 Å². The number of rotatable bonds is 5. The van der Waals surface area contributed by atoms with Gasteiger partial charge in [-0.05, 0) is 43.7 Å². The number of halogens is 1. The van der Waals surface area contributed by atoms with Gasteiger partial charge in [-0.3, -0.25) is 9.78 Å². The summed E-state index contributed by atoms with van der Waals surface area (Å²) >= 11 is 6.05. The molecule has 0 aliphatic carbocycles. The first-order valence-corrected chi connectivity index (χ1v) is 7.14. The third kappa shape index (κ3) is 4.20. The van der Waals surface area contributed by atoms with Crippen molar-refractivity contribution in [1.82, 2.24) is 4.98 Å². The monoisotopic (exact) mass is 304 g/mol. The van der Waals surface area contributed by atoms with E-state index in [0.717, 1.165) is 17.9 Å². The number of carbonyl (C=O) groups is 1. The lowest BCUT2D eigenvalue weighted by Crippen LogP contribution is -2.13. The van der Waals surface area contributed by atoms with Crippen molar-refractivity contribution in [3.63, 3.8) is 0 Å². The summed E-state index contributed by atoms with van der Waals surface area (Å²) in [6.07, 6.45) is 2.43. The van der Waals surface area contributed by atoms with Gasteiger partial charge in [0.15, 0.2) is 0 Å². The Morgan fingerprint density at radius 3 is 2.67 bits per heavy atom. The predicted octanol–water partition coefficient (Wildman–Crippen LogP) is 4.08. The van der Waals surface area contributed by atoms with Crippen LogP contribution in [-0.2, 0) is 0 Å². The molecule has 0 fully saturated rings. The van der Waals surface area contributed by atoms with E-state index in [0.29, 0.717) is 22.9 Å². The van der Waals surface area contributed by atoms with Crippen molar-refractivity contribution in [2.75, 3.05) is 11.9 Å². The smallest absolute Gasteiger partial charge is 0.258 e. The second-order valence-corrected chi connectivity index (χ2v) is 5.04. The van der Waals surface area contributed by atoms with Gasteiger partial charge in [0, 0.05) is 17.6 Å². The van der Waals surface area contributed by atoms with Crippen LogP contribution < -0.4 is 10.1 Å². The van der Waals surface area contributed by atoms with Gasteiger partial charge in [0.05, 0.1) is 17.2 Å². The zero-order valence-electron chi connectivity index (χ0n) is 12.0. The molecule has 110 valence electrons. The van der Waals surface area contributed by atoms with E-state index in [1.165, 1.54) is 6.20 Å². The van der Waals surface area contributed by atoms with E-state index < -0.39 is 0 Å². The number of pyridine rings is 1. The molecule has 0 aliphatic rings. The average Bonchev–Trinajstić information content (AvgIpc) is 2.46. The van der Waals surface area contributed by atoms with Gasteiger partial charge in [0.25, 0.3) is 5.91 Å². The number of ether oxygens (including phenoxy) is 1. The van der Waals surface area contributed by atoms with Crippen molar-refractivity contribution >= 4 is 23.2 Å². The van der Waals surface area contributed by atoms with Crippen LogP contribution in [0.15, 0.2) is 36.5 Å². The van der Waals surface area contributed by atoms with Gasteiger partial charge in [0.2, 0.25) is 0 Å². The van der Waals surface area contributed by atoms with Crippen LogP contribution in [0.1, 0.15) is 29.4 Å². The standard InChI is InChI=1S/C16H17ClN2O2/c1-3-8-21-13-6-4-12(5-7-13)19-16(20)14-10-18-11(2)9-15(14)17/h4-7,9-10H,3,8H2,1-2H3,(H,19,20). The molecule has 2 aromatic rings. The highest BCUT2D eigenvalue weighted by atomic mass is 35.5. The fourth-order valence-electron chi connectivity index (χ4n) is 1.75. The number of anilines is 1. The molecule has 0 bridgehead atoms. The Morgan fingerprint density at radius 2 is 2.05 bits per heavy atom. The summed E-state index contributed by atoms with van der Waals surface area (Å²) in [7, 11) is 0. The van der Waals surface area contributed by atoms with E-state index in [4.69, 9.17) is 16.3 Å². The molecule has 0 spiro atoms. The molecule has 0 aliphatic heterocycles. The van der Waals surface area contributed by atoms with Gasteiger partial charge in [0.1, 0.15) is 5.75 Å². The summed E-state index contributed by atoms with van der Waals surface area (Å²) in [5.41, 5.74) is 1.81. The number of hydrogen-bond donors (Lipinski definition) is 1. The number of aromatic nitrogens is 1. The molecule has 1 N–H and O–H groups in total. The van der Waals surface area contributed by atoms with Gasteiger partial charge >= 0.3 is 0 Å². The first-order valence-electron chi connectivity index (χ1n) is 6.76. The first kappa shape index (κ1) is 15.3. The molecule has 0 unspecified atom stereocenters. The van der Waals surface area contributed by atoms with Gasteiger partial charge in [-0.2, -0.15) is 0 Å². The summed E-state index contributed by atoms with van der Waals surface area (Å²) < 4.78 is 5.49. The van der Waals surface area contributed by atoms with E-state index in [-0.39, 0.29) is 5.91 Å². The van der Waals surface area contributed by atoms with Crippen molar-refractivity contribution in [3.8, 4) is 5.75 Å².